The van der Waals surface area contributed by atoms with Crippen molar-refractivity contribution in [1.82, 2.24) is 9.88 Å². The van der Waals surface area contributed by atoms with Crippen LogP contribution in [-0.2, 0) is 17.5 Å². The standard InChI is InChI=1S/C27H23ClF4N2O4/c28-21-12-18(27(30,31)32)13-33-24(21)16-10-17-14-34(26(35)20-5-1-2-6-22(20)29)7-9-37-25(17)23(11-16)38-15-19-4-3-8-36-19/h1-2,5-6,10-13,19H,3-4,7-9,14-15H2/t19-/m0/s1. The van der Waals surface area contributed by atoms with Crippen LogP contribution in [0.3, 0.4) is 0 Å². The first kappa shape index (κ1) is 26.2. The van der Waals surface area contributed by atoms with E-state index in [1.807, 2.05) is 0 Å². The lowest BCUT2D eigenvalue weighted by molar-refractivity contribution is -0.137. The van der Waals surface area contributed by atoms with Gasteiger partial charge >= 0.3 is 6.18 Å². The largest absolute Gasteiger partial charge is 0.487 e. The summed E-state index contributed by atoms with van der Waals surface area (Å²) in [7, 11) is 0. The van der Waals surface area contributed by atoms with E-state index < -0.39 is 23.5 Å². The molecule has 1 atom stereocenters. The summed E-state index contributed by atoms with van der Waals surface area (Å²) >= 11 is 6.23. The number of benzene rings is 2. The lowest BCUT2D eigenvalue weighted by atomic mass is 10.0. The summed E-state index contributed by atoms with van der Waals surface area (Å²) in [6.45, 7) is 1.24. The molecule has 38 heavy (non-hydrogen) atoms. The minimum absolute atomic E-state index is 0.0465. The fourth-order valence-electron chi connectivity index (χ4n) is 4.47. The molecule has 2 aliphatic rings. The zero-order valence-corrected chi connectivity index (χ0v) is 20.8. The first-order chi connectivity index (χ1) is 18.2. The van der Waals surface area contributed by atoms with E-state index in [-0.39, 0.29) is 48.7 Å². The second-order valence-corrected chi connectivity index (χ2v) is 9.42. The number of amides is 1. The van der Waals surface area contributed by atoms with Gasteiger partial charge in [-0.2, -0.15) is 13.2 Å². The molecule has 1 aromatic heterocycles. The summed E-state index contributed by atoms with van der Waals surface area (Å²) < 4.78 is 71.5. The van der Waals surface area contributed by atoms with Crippen LogP contribution < -0.4 is 9.47 Å². The van der Waals surface area contributed by atoms with Gasteiger partial charge in [-0.1, -0.05) is 23.7 Å². The molecule has 0 aliphatic carbocycles. The van der Waals surface area contributed by atoms with Crippen molar-refractivity contribution in [2.45, 2.75) is 31.7 Å². The number of hydrogen-bond donors (Lipinski definition) is 0. The number of carbonyl (C=O) groups excluding carboxylic acids is 1. The Kier molecular flexibility index (Phi) is 7.45. The van der Waals surface area contributed by atoms with Crippen molar-refractivity contribution in [1.29, 1.82) is 0 Å². The van der Waals surface area contributed by atoms with Crippen molar-refractivity contribution in [3.05, 3.63) is 76.2 Å². The van der Waals surface area contributed by atoms with Gasteiger partial charge in [-0.05, 0) is 43.2 Å². The maximum atomic E-state index is 14.3. The molecule has 5 rings (SSSR count). The monoisotopic (exact) mass is 550 g/mol. The molecule has 2 aromatic carbocycles. The number of pyridine rings is 1. The minimum atomic E-state index is -4.60. The summed E-state index contributed by atoms with van der Waals surface area (Å²) in [5.74, 6) is -0.444. The molecular weight excluding hydrogens is 528 g/mol. The molecule has 1 fully saturated rings. The van der Waals surface area contributed by atoms with Gasteiger partial charge in [-0.3, -0.25) is 9.78 Å². The molecule has 0 N–H and O–H groups in total. The van der Waals surface area contributed by atoms with Crippen LogP contribution in [0.15, 0.2) is 48.7 Å². The molecule has 0 saturated carbocycles. The molecule has 1 amide bonds. The molecule has 0 spiro atoms. The van der Waals surface area contributed by atoms with E-state index in [9.17, 15) is 22.4 Å². The fraction of sp³-hybridized carbons (Fsp3) is 0.333. The number of hydrogen-bond acceptors (Lipinski definition) is 5. The average molecular weight is 551 g/mol. The smallest absolute Gasteiger partial charge is 0.417 e. The van der Waals surface area contributed by atoms with Crippen molar-refractivity contribution < 1.29 is 36.6 Å². The Morgan fingerprint density at radius 1 is 1.18 bits per heavy atom. The van der Waals surface area contributed by atoms with Crippen LogP contribution in [0.5, 0.6) is 11.5 Å². The molecular formula is C27H23ClF4N2O4. The minimum Gasteiger partial charge on any atom is -0.487 e. The van der Waals surface area contributed by atoms with E-state index in [4.69, 9.17) is 25.8 Å². The van der Waals surface area contributed by atoms with Gasteiger partial charge in [-0.15, -0.1) is 0 Å². The van der Waals surface area contributed by atoms with Gasteiger partial charge in [0.25, 0.3) is 5.91 Å². The zero-order chi connectivity index (χ0) is 26.9. The second kappa shape index (κ2) is 10.8. The highest BCUT2D eigenvalue weighted by Crippen LogP contribution is 2.41. The molecule has 3 heterocycles. The molecule has 0 radical (unpaired) electrons. The van der Waals surface area contributed by atoms with Crippen LogP contribution in [0, 0.1) is 5.82 Å². The summed E-state index contributed by atoms with van der Waals surface area (Å²) in [4.78, 5) is 18.6. The highest BCUT2D eigenvalue weighted by Gasteiger charge is 2.32. The van der Waals surface area contributed by atoms with E-state index in [1.165, 1.54) is 23.1 Å². The molecule has 0 unspecified atom stereocenters. The maximum Gasteiger partial charge on any atom is 0.417 e. The molecule has 2 aliphatic heterocycles. The maximum absolute atomic E-state index is 14.3. The zero-order valence-electron chi connectivity index (χ0n) is 20.1. The SMILES string of the molecule is O=C(c1ccccc1F)N1CCOc2c(cc(-c3ncc(C(F)(F)F)cc3Cl)cc2OC[C@@H]2CCCO2)C1. The molecule has 1 saturated heterocycles. The summed E-state index contributed by atoms with van der Waals surface area (Å²) in [5.41, 5.74) is -0.0330. The predicted octanol–water partition coefficient (Wildman–Crippen LogP) is 6.15. The van der Waals surface area contributed by atoms with Crippen LogP contribution >= 0.6 is 11.6 Å². The van der Waals surface area contributed by atoms with Gasteiger partial charge in [0.1, 0.15) is 19.0 Å². The van der Waals surface area contributed by atoms with Crippen molar-refractivity contribution in [2.75, 3.05) is 26.4 Å². The van der Waals surface area contributed by atoms with Crippen molar-refractivity contribution in [3.63, 3.8) is 0 Å². The predicted molar refractivity (Wildman–Crippen MR) is 131 cm³/mol. The van der Waals surface area contributed by atoms with E-state index >= 15 is 0 Å². The quantitative estimate of drug-likeness (QED) is 0.357. The topological polar surface area (TPSA) is 60.9 Å². The average Bonchev–Trinajstić information content (AvgIpc) is 3.31. The Bertz CT molecular complexity index is 1350. The third-order valence-electron chi connectivity index (χ3n) is 6.38. The van der Waals surface area contributed by atoms with Crippen LogP contribution in [0.1, 0.15) is 34.3 Å². The van der Waals surface area contributed by atoms with Crippen LogP contribution in [0.25, 0.3) is 11.3 Å². The number of carbonyl (C=O) groups is 1. The van der Waals surface area contributed by atoms with Gasteiger partial charge < -0.3 is 19.1 Å². The van der Waals surface area contributed by atoms with Gasteiger partial charge in [-0.25, -0.2) is 4.39 Å². The van der Waals surface area contributed by atoms with Gasteiger partial charge in [0.15, 0.2) is 11.5 Å². The Morgan fingerprint density at radius 3 is 2.71 bits per heavy atom. The Morgan fingerprint density at radius 2 is 2.00 bits per heavy atom. The van der Waals surface area contributed by atoms with E-state index in [0.29, 0.717) is 35.4 Å². The number of nitrogens with zero attached hydrogens (tertiary/aromatic N) is 2. The summed E-state index contributed by atoms with van der Waals surface area (Å²) in [5, 5.41) is -0.196. The first-order valence-electron chi connectivity index (χ1n) is 12.0. The lowest BCUT2D eigenvalue weighted by Gasteiger charge is -2.21. The molecule has 200 valence electrons. The Labute approximate surface area is 221 Å². The molecule has 6 nitrogen and oxygen atoms in total. The van der Waals surface area contributed by atoms with Crippen molar-refractivity contribution in [2.24, 2.45) is 0 Å². The first-order valence-corrected chi connectivity index (χ1v) is 12.4. The van der Waals surface area contributed by atoms with E-state index in [1.54, 1.807) is 18.2 Å². The van der Waals surface area contributed by atoms with Gasteiger partial charge in [0.05, 0.1) is 34.5 Å². The van der Waals surface area contributed by atoms with Crippen molar-refractivity contribution in [3.8, 4) is 22.8 Å². The summed E-state index contributed by atoms with van der Waals surface area (Å²) in [6.07, 6.45) is -2.24. The van der Waals surface area contributed by atoms with Crippen LogP contribution in [0.2, 0.25) is 5.02 Å². The molecule has 3 aromatic rings. The highest BCUT2D eigenvalue weighted by atomic mass is 35.5. The molecule has 0 bridgehead atoms. The number of aromatic nitrogens is 1. The normalized spacial score (nSPS) is 17.5. The van der Waals surface area contributed by atoms with Gasteiger partial charge in [0, 0.05) is 30.5 Å². The fourth-order valence-corrected chi connectivity index (χ4v) is 4.75. The van der Waals surface area contributed by atoms with E-state index in [0.717, 1.165) is 18.9 Å². The number of rotatable bonds is 5. The number of ether oxygens (including phenoxy) is 3. The molecule has 11 heteroatoms. The lowest BCUT2D eigenvalue weighted by Crippen LogP contribution is -2.33. The summed E-state index contributed by atoms with van der Waals surface area (Å²) in [6, 6.07) is 9.74. The van der Waals surface area contributed by atoms with E-state index in [2.05, 4.69) is 4.98 Å². The number of halogens is 5. The Balaban J connectivity index is 1.53. The number of fused-ring (bicyclic) bond motifs is 1. The van der Waals surface area contributed by atoms with Gasteiger partial charge in [0.2, 0.25) is 0 Å². The second-order valence-electron chi connectivity index (χ2n) is 9.02. The third kappa shape index (κ3) is 5.56. The van der Waals surface area contributed by atoms with Crippen molar-refractivity contribution >= 4 is 17.5 Å². The third-order valence-corrected chi connectivity index (χ3v) is 6.67. The highest BCUT2D eigenvalue weighted by molar-refractivity contribution is 6.33. The van der Waals surface area contributed by atoms with Crippen LogP contribution in [-0.4, -0.2) is 48.3 Å². The Hall–Kier alpha value is -3.37. The van der Waals surface area contributed by atoms with Crippen LogP contribution in [0.4, 0.5) is 17.6 Å². The number of alkyl halides is 3.